The molecule has 0 bridgehead atoms. The van der Waals surface area contributed by atoms with Crippen molar-refractivity contribution in [2.24, 2.45) is 0 Å². The molecule has 0 heterocycles. The molecule has 0 amide bonds. The minimum absolute atomic E-state index is 0.00259. The van der Waals surface area contributed by atoms with E-state index in [-0.39, 0.29) is 5.78 Å². The number of hydrogen-bond acceptors (Lipinski definition) is 3. The lowest BCUT2D eigenvalue weighted by Gasteiger charge is -2.05. The summed E-state index contributed by atoms with van der Waals surface area (Å²) in [5.74, 6) is 1.26. The summed E-state index contributed by atoms with van der Waals surface area (Å²) in [5, 5.41) is 0. The second-order valence-electron chi connectivity index (χ2n) is 7.41. The van der Waals surface area contributed by atoms with Crippen molar-refractivity contribution in [1.29, 1.82) is 0 Å². The zero-order chi connectivity index (χ0) is 26.7. The normalized spacial score (nSPS) is 9.88. The number of rotatable bonds is 6. The van der Waals surface area contributed by atoms with Gasteiger partial charge in [-0.15, -0.1) is 0 Å². The lowest BCUT2D eigenvalue weighted by Crippen LogP contribution is -1.95. The van der Waals surface area contributed by atoms with Crippen molar-refractivity contribution in [3.8, 4) is 11.5 Å². The molecule has 2 aromatic carbocycles. The van der Waals surface area contributed by atoms with E-state index in [1.165, 1.54) is 23.6 Å². The summed E-state index contributed by atoms with van der Waals surface area (Å²) in [6, 6.07) is 13.4. The molecule has 0 fully saturated rings. The summed E-state index contributed by atoms with van der Waals surface area (Å²) in [6.07, 6.45) is 6.08. The molecule has 0 aliphatic heterocycles. The molecule has 3 heteroatoms. The van der Waals surface area contributed by atoms with Gasteiger partial charge in [-0.2, -0.15) is 0 Å². The molecule has 186 valence electrons. The largest absolute Gasteiger partial charge is 0.497 e. The second kappa shape index (κ2) is 19.2. The van der Waals surface area contributed by atoms with Crippen molar-refractivity contribution >= 4 is 11.4 Å². The van der Waals surface area contributed by atoms with E-state index in [4.69, 9.17) is 9.47 Å². The average molecular weight is 465 g/mol. The maximum Gasteiger partial charge on any atom is 0.160 e. The van der Waals surface area contributed by atoms with Gasteiger partial charge in [-0.3, -0.25) is 4.79 Å². The highest BCUT2D eigenvalue weighted by atomic mass is 16.5. The third-order valence-electron chi connectivity index (χ3n) is 4.57. The van der Waals surface area contributed by atoms with Crippen LogP contribution >= 0.6 is 0 Å². The number of carbonyl (C=O) groups excluding carboxylic acids is 1. The fourth-order valence-corrected chi connectivity index (χ4v) is 2.45. The van der Waals surface area contributed by atoms with Crippen LogP contribution in [0.3, 0.4) is 0 Å². The van der Waals surface area contributed by atoms with Crippen LogP contribution in [0.1, 0.15) is 70.0 Å². The second-order valence-corrected chi connectivity index (χ2v) is 7.41. The lowest BCUT2D eigenvalue weighted by molar-refractivity contribution is 0.101. The Kier molecular flexibility index (Phi) is 18.5. The zero-order valence-electron chi connectivity index (χ0n) is 22.9. The van der Waals surface area contributed by atoms with Gasteiger partial charge in [-0.1, -0.05) is 80.6 Å². The maximum atomic E-state index is 11.1. The van der Waals surface area contributed by atoms with E-state index in [2.05, 4.69) is 45.2 Å². The zero-order valence-corrected chi connectivity index (χ0v) is 22.9. The first kappa shape index (κ1) is 32.8. The van der Waals surface area contributed by atoms with E-state index in [0.29, 0.717) is 17.1 Å². The van der Waals surface area contributed by atoms with Crippen LogP contribution in [0.2, 0.25) is 0 Å². The molecule has 0 unspecified atom stereocenters. The minimum atomic E-state index is -0.00259. The Morgan fingerprint density at radius 2 is 1.38 bits per heavy atom. The predicted octanol–water partition coefficient (Wildman–Crippen LogP) is 9.05. The highest BCUT2D eigenvalue weighted by Crippen LogP contribution is 2.22. The van der Waals surface area contributed by atoms with Gasteiger partial charge in [0.2, 0.25) is 0 Å². The lowest BCUT2D eigenvalue weighted by atomic mass is 10.0. The van der Waals surface area contributed by atoms with E-state index in [1.54, 1.807) is 32.4 Å². The number of allylic oxidation sites excluding steroid dienone is 6. The van der Waals surface area contributed by atoms with Gasteiger partial charge in [0, 0.05) is 11.6 Å². The summed E-state index contributed by atoms with van der Waals surface area (Å²) < 4.78 is 10.0. The summed E-state index contributed by atoms with van der Waals surface area (Å²) in [6.45, 7) is 23.4. The van der Waals surface area contributed by atoms with E-state index >= 15 is 0 Å². The number of Topliss-reactive ketones (excluding diaryl/α,β-unsaturated/α-hetero) is 1. The topological polar surface area (TPSA) is 35.5 Å². The number of methoxy groups -OCH3 is 2. The van der Waals surface area contributed by atoms with Crippen molar-refractivity contribution in [2.45, 2.75) is 55.4 Å². The van der Waals surface area contributed by atoms with Crippen LogP contribution in [-0.2, 0) is 0 Å². The van der Waals surface area contributed by atoms with Crippen molar-refractivity contribution < 1.29 is 14.3 Å². The Labute approximate surface area is 208 Å². The Hall–Kier alpha value is -3.33. The van der Waals surface area contributed by atoms with Crippen LogP contribution in [0.5, 0.6) is 11.5 Å². The Morgan fingerprint density at radius 1 is 0.882 bits per heavy atom. The van der Waals surface area contributed by atoms with Crippen LogP contribution in [0.4, 0.5) is 0 Å². The minimum Gasteiger partial charge on any atom is -0.497 e. The van der Waals surface area contributed by atoms with Crippen LogP contribution in [-0.4, -0.2) is 20.0 Å². The molecule has 0 atom stereocenters. The molecule has 0 radical (unpaired) electrons. The first-order valence-electron chi connectivity index (χ1n) is 11.5. The molecule has 2 rings (SSSR count). The molecule has 0 aromatic heterocycles. The standard InChI is InChI=1S/C10H12O3.C10H12.C9H14.C2H6/c1-7(11)8-4-9(12-2)6-10(5-8)13-3;1-8(2)10-7-5-4-6-9(10)3;1-5-6-7-9(4)8(2)3;1-2/h4-6H,1-3H3;4-7H,1H2,2-3H3;5-7H,2H2,1,3-4H3;1-2H3/b;;6-5-,9-7-;. The Balaban J connectivity index is 0. The van der Waals surface area contributed by atoms with Crippen molar-refractivity contribution in [3.05, 3.63) is 102 Å². The molecule has 0 aliphatic carbocycles. The summed E-state index contributed by atoms with van der Waals surface area (Å²) in [5.41, 5.74) is 6.67. The molecule has 3 nitrogen and oxygen atoms in total. The van der Waals surface area contributed by atoms with E-state index in [0.717, 1.165) is 11.1 Å². The molecule has 0 aliphatic rings. The summed E-state index contributed by atoms with van der Waals surface area (Å²) in [7, 11) is 3.11. The van der Waals surface area contributed by atoms with Crippen molar-refractivity contribution in [1.82, 2.24) is 0 Å². The van der Waals surface area contributed by atoms with Crippen LogP contribution in [0.25, 0.3) is 5.57 Å². The summed E-state index contributed by atoms with van der Waals surface area (Å²) >= 11 is 0. The van der Waals surface area contributed by atoms with Gasteiger partial charge in [0.15, 0.2) is 5.78 Å². The molecule has 2 aromatic rings. The fraction of sp³-hybridized carbons (Fsp3) is 0.323. The van der Waals surface area contributed by atoms with Gasteiger partial charge < -0.3 is 9.47 Å². The maximum absolute atomic E-state index is 11.1. The van der Waals surface area contributed by atoms with E-state index in [9.17, 15) is 4.79 Å². The molecule has 0 saturated carbocycles. The van der Waals surface area contributed by atoms with Crippen LogP contribution < -0.4 is 9.47 Å². The predicted molar refractivity (Wildman–Crippen MR) is 150 cm³/mol. The third-order valence-corrected chi connectivity index (χ3v) is 4.57. The first-order valence-corrected chi connectivity index (χ1v) is 11.5. The molecule has 0 N–H and O–H groups in total. The van der Waals surface area contributed by atoms with Crippen LogP contribution in [0.15, 0.2) is 85.0 Å². The number of carbonyl (C=O) groups is 1. The van der Waals surface area contributed by atoms with E-state index < -0.39 is 0 Å². The highest BCUT2D eigenvalue weighted by molar-refractivity contribution is 5.94. The van der Waals surface area contributed by atoms with Crippen molar-refractivity contribution in [2.75, 3.05) is 14.2 Å². The Morgan fingerprint density at radius 3 is 1.71 bits per heavy atom. The first-order chi connectivity index (χ1) is 16.1. The Bertz CT molecular complexity index is 940. The highest BCUT2D eigenvalue weighted by Gasteiger charge is 2.04. The van der Waals surface area contributed by atoms with Gasteiger partial charge in [-0.05, 0) is 70.4 Å². The smallest absolute Gasteiger partial charge is 0.160 e. The molecule has 0 saturated heterocycles. The third kappa shape index (κ3) is 13.9. The van der Waals surface area contributed by atoms with Crippen LogP contribution in [0, 0.1) is 6.92 Å². The molecule has 0 spiro atoms. The number of ketones is 1. The molecule has 34 heavy (non-hydrogen) atoms. The van der Waals surface area contributed by atoms with Gasteiger partial charge in [-0.25, -0.2) is 0 Å². The number of aryl methyl sites for hydroxylation is 1. The number of ether oxygens (including phenoxy) is 2. The van der Waals surface area contributed by atoms with Gasteiger partial charge in [0.1, 0.15) is 11.5 Å². The monoisotopic (exact) mass is 464 g/mol. The number of benzene rings is 2. The fourth-order valence-electron chi connectivity index (χ4n) is 2.45. The van der Waals surface area contributed by atoms with Crippen molar-refractivity contribution in [3.63, 3.8) is 0 Å². The number of hydrogen-bond donors (Lipinski definition) is 0. The van der Waals surface area contributed by atoms with Gasteiger partial charge in [0.05, 0.1) is 14.2 Å². The molecular formula is C31H44O3. The SMILES string of the molecule is C=C(C)/C(C)=C\C=C/C.C=C(C)c1ccccc1C.CC.COc1cc(OC)cc(C(C)=O)c1. The quantitative estimate of drug-likeness (QED) is 0.316. The van der Waals surface area contributed by atoms with Gasteiger partial charge >= 0.3 is 0 Å². The van der Waals surface area contributed by atoms with E-state index in [1.807, 2.05) is 58.9 Å². The molecular weight excluding hydrogens is 420 g/mol. The summed E-state index contributed by atoms with van der Waals surface area (Å²) in [4.78, 5) is 11.1. The van der Waals surface area contributed by atoms with Gasteiger partial charge in [0.25, 0.3) is 0 Å². The average Bonchev–Trinajstić information content (AvgIpc) is 2.84.